The van der Waals surface area contributed by atoms with Crippen LogP contribution in [0.15, 0.2) is 17.0 Å². The first-order valence-corrected chi connectivity index (χ1v) is 3.46. The lowest BCUT2D eigenvalue weighted by molar-refractivity contribution is 0.0471. The van der Waals surface area contributed by atoms with E-state index in [1.807, 2.05) is 0 Å². The van der Waals surface area contributed by atoms with Crippen LogP contribution in [0, 0.1) is 0 Å². The molecule has 0 N–H and O–H groups in total. The van der Waals surface area contributed by atoms with E-state index in [2.05, 4.69) is 9.68 Å². The average molecular weight is 153 g/mol. The van der Waals surface area contributed by atoms with Crippen LogP contribution in [0.5, 0.6) is 0 Å². The molecule has 1 aliphatic carbocycles. The molecule has 1 heterocycles. The Labute approximate surface area is 63.1 Å². The highest BCUT2D eigenvalue weighted by Crippen LogP contribution is 2.24. The van der Waals surface area contributed by atoms with Gasteiger partial charge in [-0.25, -0.2) is 4.79 Å². The topological polar surface area (TPSA) is 52.3 Å². The van der Waals surface area contributed by atoms with E-state index < -0.39 is 0 Å². The van der Waals surface area contributed by atoms with E-state index in [0.29, 0.717) is 5.56 Å². The smallest absolute Gasteiger partial charge is 0.343 e. The molecule has 0 bridgehead atoms. The SMILES string of the molecule is O=C(OC1CC1)c1cnoc1. The van der Waals surface area contributed by atoms with E-state index in [0.717, 1.165) is 12.8 Å². The Morgan fingerprint density at radius 1 is 1.73 bits per heavy atom. The molecule has 1 aromatic heterocycles. The van der Waals surface area contributed by atoms with Crippen molar-refractivity contribution in [2.45, 2.75) is 18.9 Å². The van der Waals surface area contributed by atoms with Gasteiger partial charge in [-0.3, -0.25) is 0 Å². The molecule has 1 saturated carbocycles. The van der Waals surface area contributed by atoms with Gasteiger partial charge in [-0.05, 0) is 12.8 Å². The molecule has 11 heavy (non-hydrogen) atoms. The Morgan fingerprint density at radius 3 is 3.09 bits per heavy atom. The molecule has 0 amide bonds. The molecule has 4 heteroatoms. The van der Waals surface area contributed by atoms with Crippen molar-refractivity contribution >= 4 is 5.97 Å². The van der Waals surface area contributed by atoms with Gasteiger partial charge in [-0.2, -0.15) is 0 Å². The second-order valence-corrected chi connectivity index (χ2v) is 2.52. The van der Waals surface area contributed by atoms with Crippen molar-refractivity contribution in [2.75, 3.05) is 0 Å². The third-order valence-corrected chi connectivity index (χ3v) is 1.47. The second kappa shape index (κ2) is 2.38. The van der Waals surface area contributed by atoms with Crippen molar-refractivity contribution in [1.82, 2.24) is 5.16 Å². The molecule has 1 aromatic rings. The molecule has 58 valence electrons. The molecular weight excluding hydrogens is 146 g/mol. The predicted molar refractivity (Wildman–Crippen MR) is 34.9 cm³/mol. The third-order valence-electron chi connectivity index (χ3n) is 1.47. The van der Waals surface area contributed by atoms with Crippen molar-refractivity contribution in [3.05, 3.63) is 18.0 Å². The van der Waals surface area contributed by atoms with Gasteiger partial charge in [0, 0.05) is 0 Å². The highest BCUT2D eigenvalue weighted by atomic mass is 16.5. The Hall–Kier alpha value is -1.32. The molecule has 4 nitrogen and oxygen atoms in total. The number of aromatic nitrogens is 1. The first-order valence-electron chi connectivity index (χ1n) is 3.46. The predicted octanol–water partition coefficient (Wildman–Crippen LogP) is 0.994. The Bertz CT molecular complexity index is 251. The van der Waals surface area contributed by atoms with Gasteiger partial charge in [0.15, 0.2) is 0 Å². The van der Waals surface area contributed by atoms with Crippen LogP contribution in [-0.2, 0) is 4.74 Å². The summed E-state index contributed by atoms with van der Waals surface area (Å²) in [6.07, 6.45) is 4.74. The average Bonchev–Trinajstić information content (AvgIpc) is 2.67. The van der Waals surface area contributed by atoms with Crippen molar-refractivity contribution in [3.8, 4) is 0 Å². The first kappa shape index (κ1) is 6.39. The molecule has 0 aliphatic heterocycles. The highest BCUT2D eigenvalue weighted by Gasteiger charge is 2.26. The van der Waals surface area contributed by atoms with Gasteiger partial charge in [-0.15, -0.1) is 0 Å². The summed E-state index contributed by atoms with van der Waals surface area (Å²) >= 11 is 0. The first-order chi connectivity index (χ1) is 5.36. The Balaban J connectivity index is 1.99. The molecule has 1 fully saturated rings. The number of carbonyl (C=O) groups excluding carboxylic acids is 1. The number of carbonyl (C=O) groups is 1. The largest absolute Gasteiger partial charge is 0.459 e. The van der Waals surface area contributed by atoms with Gasteiger partial charge in [-0.1, -0.05) is 5.16 Å². The normalized spacial score (nSPS) is 16.4. The zero-order valence-corrected chi connectivity index (χ0v) is 5.82. The van der Waals surface area contributed by atoms with Crippen LogP contribution in [0.4, 0.5) is 0 Å². The van der Waals surface area contributed by atoms with Crippen LogP contribution in [0.2, 0.25) is 0 Å². The molecule has 0 radical (unpaired) electrons. The summed E-state index contributed by atoms with van der Waals surface area (Å²) in [5.74, 6) is -0.339. The van der Waals surface area contributed by atoms with E-state index in [9.17, 15) is 4.79 Å². The number of nitrogens with zero attached hydrogens (tertiary/aromatic N) is 1. The van der Waals surface area contributed by atoms with Crippen LogP contribution in [0.1, 0.15) is 23.2 Å². The van der Waals surface area contributed by atoms with Crippen LogP contribution in [0.25, 0.3) is 0 Å². The minimum absolute atomic E-state index is 0.136. The fraction of sp³-hybridized carbons (Fsp3) is 0.429. The maximum absolute atomic E-state index is 11.0. The number of hydrogen-bond donors (Lipinski definition) is 0. The summed E-state index contributed by atoms with van der Waals surface area (Å²) in [4.78, 5) is 11.0. The third kappa shape index (κ3) is 1.39. The molecule has 0 unspecified atom stereocenters. The summed E-state index contributed by atoms with van der Waals surface area (Å²) in [7, 11) is 0. The van der Waals surface area contributed by atoms with E-state index in [4.69, 9.17) is 4.74 Å². The van der Waals surface area contributed by atoms with Gasteiger partial charge in [0.25, 0.3) is 0 Å². The van der Waals surface area contributed by atoms with Gasteiger partial charge in [0.2, 0.25) is 0 Å². The van der Waals surface area contributed by atoms with Gasteiger partial charge in [0.05, 0.1) is 6.20 Å². The van der Waals surface area contributed by atoms with Gasteiger partial charge < -0.3 is 9.26 Å². The molecule has 0 atom stereocenters. The molecule has 0 spiro atoms. The van der Waals surface area contributed by atoms with Crippen molar-refractivity contribution < 1.29 is 14.1 Å². The van der Waals surface area contributed by atoms with Crippen LogP contribution >= 0.6 is 0 Å². The summed E-state index contributed by atoms with van der Waals surface area (Å²) in [5, 5.41) is 3.40. The zero-order valence-electron chi connectivity index (χ0n) is 5.82. The van der Waals surface area contributed by atoms with E-state index in [-0.39, 0.29) is 12.1 Å². The van der Waals surface area contributed by atoms with Crippen molar-refractivity contribution in [1.29, 1.82) is 0 Å². The standard InChI is InChI=1S/C7H7NO3/c9-7(11-6-1-2-6)5-3-8-10-4-5/h3-4,6H,1-2H2. The highest BCUT2D eigenvalue weighted by molar-refractivity contribution is 5.88. The van der Waals surface area contributed by atoms with Crippen LogP contribution in [0.3, 0.4) is 0 Å². The fourth-order valence-corrected chi connectivity index (χ4v) is 0.711. The summed E-state index contributed by atoms with van der Waals surface area (Å²) in [6.45, 7) is 0. The summed E-state index contributed by atoms with van der Waals surface area (Å²) in [5.41, 5.74) is 0.386. The molecule has 0 saturated heterocycles. The second-order valence-electron chi connectivity index (χ2n) is 2.52. The minimum Gasteiger partial charge on any atom is -0.459 e. The quantitative estimate of drug-likeness (QED) is 0.594. The lowest BCUT2D eigenvalue weighted by atomic mass is 10.4. The monoisotopic (exact) mass is 153 g/mol. The van der Waals surface area contributed by atoms with Crippen LogP contribution < -0.4 is 0 Å². The number of ether oxygens (including phenoxy) is 1. The summed E-state index contributed by atoms with van der Waals surface area (Å²) < 4.78 is 9.45. The molecular formula is C7H7NO3. The lowest BCUT2D eigenvalue weighted by Gasteiger charge is -1.96. The van der Waals surface area contributed by atoms with Crippen molar-refractivity contribution in [3.63, 3.8) is 0 Å². The Morgan fingerprint density at radius 2 is 2.55 bits per heavy atom. The van der Waals surface area contributed by atoms with E-state index in [1.165, 1.54) is 12.5 Å². The number of rotatable bonds is 2. The summed E-state index contributed by atoms with van der Waals surface area (Å²) in [6, 6.07) is 0. The van der Waals surface area contributed by atoms with E-state index >= 15 is 0 Å². The lowest BCUT2D eigenvalue weighted by Crippen LogP contribution is -2.04. The zero-order chi connectivity index (χ0) is 7.68. The molecule has 2 rings (SSSR count). The molecule has 0 aromatic carbocycles. The maximum Gasteiger partial charge on any atom is 0.343 e. The number of esters is 1. The maximum atomic E-state index is 11.0. The fourth-order valence-electron chi connectivity index (χ4n) is 0.711. The van der Waals surface area contributed by atoms with Crippen LogP contribution in [-0.4, -0.2) is 17.2 Å². The number of hydrogen-bond acceptors (Lipinski definition) is 4. The minimum atomic E-state index is -0.339. The Kier molecular flexibility index (Phi) is 1.38. The van der Waals surface area contributed by atoms with Crippen molar-refractivity contribution in [2.24, 2.45) is 0 Å². The van der Waals surface area contributed by atoms with E-state index in [1.54, 1.807) is 0 Å². The van der Waals surface area contributed by atoms with Gasteiger partial charge >= 0.3 is 5.97 Å². The van der Waals surface area contributed by atoms with Gasteiger partial charge in [0.1, 0.15) is 17.9 Å². The molecule has 1 aliphatic rings.